The van der Waals surface area contributed by atoms with Crippen LogP contribution in [0.1, 0.15) is 22.3 Å². The Morgan fingerprint density at radius 3 is 2.43 bits per heavy atom. The lowest BCUT2D eigenvalue weighted by Gasteiger charge is -2.17. The van der Waals surface area contributed by atoms with Crippen molar-refractivity contribution in [2.45, 2.75) is 26.6 Å². The van der Waals surface area contributed by atoms with Crippen LogP contribution in [0.5, 0.6) is 11.5 Å². The van der Waals surface area contributed by atoms with Gasteiger partial charge in [0.25, 0.3) is 0 Å². The van der Waals surface area contributed by atoms with E-state index in [4.69, 9.17) is 21.1 Å². The Balaban J connectivity index is 1.75. The van der Waals surface area contributed by atoms with E-state index >= 15 is 0 Å². The number of halogens is 2. The second-order valence-electron chi connectivity index (χ2n) is 6.53. The van der Waals surface area contributed by atoms with E-state index < -0.39 is 0 Å². The number of benzene rings is 3. The number of hydrogen-bond donors (Lipinski definition) is 1. The number of hydrogen-bond acceptors (Lipinski definition) is 3. The highest BCUT2D eigenvalue weighted by atomic mass is 79.9. The Morgan fingerprint density at radius 2 is 1.71 bits per heavy atom. The minimum Gasteiger partial charge on any atom is -0.493 e. The molecular weight excluding hydrogens is 438 g/mol. The van der Waals surface area contributed by atoms with Crippen molar-refractivity contribution in [3.8, 4) is 11.5 Å². The van der Waals surface area contributed by atoms with Crippen LogP contribution in [-0.4, -0.2) is 7.11 Å². The Hall–Kier alpha value is -2.01. The van der Waals surface area contributed by atoms with E-state index in [1.54, 1.807) is 7.11 Å². The molecule has 0 saturated heterocycles. The first-order valence-corrected chi connectivity index (χ1v) is 10.2. The van der Waals surface area contributed by atoms with Crippen molar-refractivity contribution in [1.82, 2.24) is 5.32 Å². The average molecular weight is 461 g/mol. The van der Waals surface area contributed by atoms with Crippen LogP contribution < -0.4 is 14.8 Å². The SMILES string of the molecule is COc1ccc(Br)c(CNCc2ccccc2Cl)c1OCc1ccc(C)cc1. The van der Waals surface area contributed by atoms with Crippen LogP contribution in [0.2, 0.25) is 5.02 Å². The molecule has 0 heterocycles. The molecular formula is C23H23BrClNO2. The van der Waals surface area contributed by atoms with Crippen LogP contribution in [0.3, 0.4) is 0 Å². The molecule has 3 aromatic carbocycles. The minimum absolute atomic E-state index is 0.477. The molecule has 0 aliphatic carbocycles. The fraction of sp³-hybridized carbons (Fsp3) is 0.217. The van der Waals surface area contributed by atoms with E-state index in [0.29, 0.717) is 25.4 Å². The van der Waals surface area contributed by atoms with Gasteiger partial charge in [-0.05, 0) is 36.2 Å². The average Bonchev–Trinajstić information content (AvgIpc) is 2.70. The summed E-state index contributed by atoms with van der Waals surface area (Å²) in [5.41, 5.74) is 4.42. The van der Waals surface area contributed by atoms with Gasteiger partial charge in [-0.3, -0.25) is 0 Å². The van der Waals surface area contributed by atoms with Crippen molar-refractivity contribution >= 4 is 27.5 Å². The molecule has 3 aromatic rings. The van der Waals surface area contributed by atoms with Gasteiger partial charge in [0, 0.05) is 28.1 Å². The monoisotopic (exact) mass is 459 g/mol. The summed E-state index contributed by atoms with van der Waals surface area (Å²) >= 11 is 9.90. The van der Waals surface area contributed by atoms with Crippen molar-refractivity contribution in [1.29, 1.82) is 0 Å². The van der Waals surface area contributed by atoms with Crippen LogP contribution in [0.25, 0.3) is 0 Å². The van der Waals surface area contributed by atoms with Gasteiger partial charge in [0.05, 0.1) is 7.11 Å². The van der Waals surface area contributed by atoms with E-state index in [2.05, 4.69) is 52.4 Å². The second kappa shape index (κ2) is 9.97. The zero-order chi connectivity index (χ0) is 19.9. The fourth-order valence-electron chi connectivity index (χ4n) is 2.87. The fourth-order valence-corrected chi connectivity index (χ4v) is 3.52. The first kappa shape index (κ1) is 20.7. The van der Waals surface area contributed by atoms with Crippen molar-refractivity contribution in [3.63, 3.8) is 0 Å². The van der Waals surface area contributed by atoms with Gasteiger partial charge in [-0.25, -0.2) is 0 Å². The summed E-state index contributed by atoms with van der Waals surface area (Å²) < 4.78 is 12.7. The maximum atomic E-state index is 6.25. The van der Waals surface area contributed by atoms with Gasteiger partial charge in [0.15, 0.2) is 11.5 Å². The molecule has 0 saturated carbocycles. The lowest BCUT2D eigenvalue weighted by Crippen LogP contribution is -2.15. The zero-order valence-corrected chi connectivity index (χ0v) is 18.3. The quantitative estimate of drug-likeness (QED) is 0.428. The van der Waals surface area contributed by atoms with E-state index in [1.165, 1.54) is 5.56 Å². The lowest BCUT2D eigenvalue weighted by molar-refractivity contribution is 0.280. The highest BCUT2D eigenvalue weighted by Gasteiger charge is 2.15. The maximum absolute atomic E-state index is 6.25. The van der Waals surface area contributed by atoms with Gasteiger partial charge < -0.3 is 14.8 Å². The van der Waals surface area contributed by atoms with Gasteiger partial charge in [-0.1, -0.05) is 75.6 Å². The Labute approximate surface area is 179 Å². The largest absolute Gasteiger partial charge is 0.493 e. The molecule has 0 atom stereocenters. The lowest BCUT2D eigenvalue weighted by atomic mass is 10.1. The summed E-state index contributed by atoms with van der Waals surface area (Å²) in [6.45, 7) is 3.84. The Kier molecular flexibility index (Phi) is 7.37. The first-order valence-electron chi connectivity index (χ1n) is 9.06. The highest BCUT2D eigenvalue weighted by molar-refractivity contribution is 9.10. The molecule has 1 N–H and O–H groups in total. The Morgan fingerprint density at radius 1 is 0.964 bits per heavy atom. The third kappa shape index (κ3) is 5.28. The number of ether oxygens (including phenoxy) is 2. The number of methoxy groups -OCH3 is 1. The maximum Gasteiger partial charge on any atom is 0.167 e. The molecule has 0 bridgehead atoms. The van der Waals surface area contributed by atoms with E-state index in [-0.39, 0.29) is 0 Å². The zero-order valence-electron chi connectivity index (χ0n) is 16.0. The van der Waals surface area contributed by atoms with Crippen LogP contribution in [0.15, 0.2) is 65.1 Å². The molecule has 0 aliphatic rings. The van der Waals surface area contributed by atoms with Gasteiger partial charge in [0.1, 0.15) is 6.61 Å². The van der Waals surface area contributed by atoms with Crippen molar-refractivity contribution < 1.29 is 9.47 Å². The Bertz CT molecular complexity index is 928. The standard InChI is InChI=1S/C23H23BrClNO2/c1-16-7-9-17(10-8-16)15-28-23-19(20(24)11-12-22(23)27-2)14-26-13-18-5-3-4-6-21(18)25/h3-12,26H,13-15H2,1-2H3. The predicted octanol–water partition coefficient (Wildman–Crippen LogP) is 6.29. The van der Waals surface area contributed by atoms with Gasteiger partial charge in [-0.15, -0.1) is 0 Å². The normalized spacial score (nSPS) is 10.7. The molecule has 0 spiro atoms. The number of nitrogens with one attached hydrogen (secondary N) is 1. The van der Waals surface area contributed by atoms with E-state index in [0.717, 1.165) is 31.9 Å². The summed E-state index contributed by atoms with van der Waals surface area (Å²) in [5, 5.41) is 4.21. The summed E-state index contributed by atoms with van der Waals surface area (Å²) in [6, 6.07) is 20.1. The molecule has 3 nitrogen and oxygen atoms in total. The third-order valence-corrected chi connectivity index (χ3v) is 5.58. The van der Waals surface area contributed by atoms with E-state index in [1.807, 2.05) is 36.4 Å². The molecule has 0 aliphatic heterocycles. The van der Waals surface area contributed by atoms with Crippen LogP contribution in [-0.2, 0) is 19.7 Å². The van der Waals surface area contributed by atoms with Crippen molar-refractivity contribution in [3.05, 3.63) is 92.4 Å². The number of aryl methyl sites for hydroxylation is 1. The van der Waals surface area contributed by atoms with Gasteiger partial charge >= 0.3 is 0 Å². The summed E-state index contributed by atoms with van der Waals surface area (Å²) in [5.74, 6) is 1.45. The first-order chi connectivity index (χ1) is 13.6. The molecule has 3 rings (SSSR count). The highest BCUT2D eigenvalue weighted by Crippen LogP contribution is 2.37. The number of rotatable bonds is 8. The predicted molar refractivity (Wildman–Crippen MR) is 118 cm³/mol. The summed E-state index contributed by atoms with van der Waals surface area (Å²) in [4.78, 5) is 0. The van der Waals surface area contributed by atoms with Gasteiger partial charge in [0.2, 0.25) is 0 Å². The molecule has 0 amide bonds. The minimum atomic E-state index is 0.477. The van der Waals surface area contributed by atoms with Crippen LogP contribution in [0.4, 0.5) is 0 Å². The van der Waals surface area contributed by atoms with E-state index in [9.17, 15) is 0 Å². The van der Waals surface area contributed by atoms with Gasteiger partial charge in [-0.2, -0.15) is 0 Å². The molecule has 146 valence electrons. The molecule has 0 aromatic heterocycles. The molecule has 0 unspecified atom stereocenters. The van der Waals surface area contributed by atoms with Crippen molar-refractivity contribution in [2.75, 3.05) is 7.11 Å². The van der Waals surface area contributed by atoms with Crippen LogP contribution >= 0.6 is 27.5 Å². The summed E-state index contributed by atoms with van der Waals surface area (Å²) in [6.07, 6.45) is 0. The topological polar surface area (TPSA) is 30.5 Å². The second-order valence-corrected chi connectivity index (χ2v) is 7.79. The molecule has 0 radical (unpaired) electrons. The third-order valence-electron chi connectivity index (χ3n) is 4.47. The van der Waals surface area contributed by atoms with Crippen LogP contribution in [0, 0.1) is 6.92 Å². The molecule has 0 fully saturated rings. The molecule has 28 heavy (non-hydrogen) atoms. The van der Waals surface area contributed by atoms with Crippen molar-refractivity contribution in [2.24, 2.45) is 0 Å². The molecule has 5 heteroatoms. The summed E-state index contributed by atoms with van der Waals surface area (Å²) in [7, 11) is 1.66. The smallest absolute Gasteiger partial charge is 0.167 e.